The molecule has 2 atom stereocenters. The summed E-state index contributed by atoms with van der Waals surface area (Å²) in [4.78, 5) is 2.50. The van der Waals surface area contributed by atoms with E-state index < -0.39 is 0 Å². The molecule has 1 aromatic heterocycles. The van der Waals surface area contributed by atoms with Crippen LogP contribution in [0.2, 0.25) is 0 Å². The second kappa shape index (κ2) is 14.0. The first-order valence-corrected chi connectivity index (χ1v) is 20.9. The average molecular weight is 765 g/mol. The highest BCUT2D eigenvalue weighted by molar-refractivity contribution is 6.10. The molecule has 0 N–H and O–H groups in total. The first-order chi connectivity index (χ1) is 29.8. The molecule has 1 heterocycles. The Morgan fingerprint density at radius 1 is 0.367 bits per heavy atom. The summed E-state index contributed by atoms with van der Waals surface area (Å²) in [5.41, 5.74) is 14.7. The van der Waals surface area contributed by atoms with Gasteiger partial charge in [-0.25, -0.2) is 0 Å². The van der Waals surface area contributed by atoms with Crippen LogP contribution in [0.1, 0.15) is 5.56 Å². The van der Waals surface area contributed by atoms with Crippen molar-refractivity contribution in [2.45, 2.75) is 0 Å². The van der Waals surface area contributed by atoms with E-state index in [-0.39, 0.29) is 5.92 Å². The highest BCUT2D eigenvalue weighted by atomic mass is 15.2. The Bertz CT molecular complexity index is 3310. The van der Waals surface area contributed by atoms with Crippen LogP contribution < -0.4 is 4.90 Å². The van der Waals surface area contributed by atoms with Gasteiger partial charge in [-0.15, -0.1) is 0 Å². The summed E-state index contributed by atoms with van der Waals surface area (Å²) < 4.78 is 2.41. The van der Waals surface area contributed by atoms with Gasteiger partial charge in [-0.3, -0.25) is 0 Å². The third kappa shape index (κ3) is 5.49. The second-order valence-corrected chi connectivity index (χ2v) is 16.0. The molecule has 0 aliphatic heterocycles. The predicted octanol–water partition coefficient (Wildman–Crippen LogP) is 15.3. The highest BCUT2D eigenvalue weighted by Crippen LogP contribution is 2.50. The SMILES string of the molecule is C1=C[C@H]2C(c3cccc4ccccc34)=CC=C(N(c3ccc(-c4ccc(-c5ccccc5-n5c6ccccc6c6ccccc65)cc4)cc3)c3cccc4ccccc34)C12. The van der Waals surface area contributed by atoms with E-state index in [0.29, 0.717) is 5.92 Å². The summed E-state index contributed by atoms with van der Waals surface area (Å²) in [6, 6.07) is 75.3. The normalized spacial score (nSPS) is 15.8. The Morgan fingerprint density at radius 2 is 0.883 bits per heavy atom. The summed E-state index contributed by atoms with van der Waals surface area (Å²) >= 11 is 0. The Hall–Kier alpha value is -7.68. The number of hydrogen-bond acceptors (Lipinski definition) is 1. The molecule has 12 rings (SSSR count). The molecule has 60 heavy (non-hydrogen) atoms. The molecular weight excluding hydrogens is 725 g/mol. The zero-order valence-electron chi connectivity index (χ0n) is 33.0. The minimum absolute atomic E-state index is 0.264. The lowest BCUT2D eigenvalue weighted by Gasteiger charge is -2.42. The van der Waals surface area contributed by atoms with E-state index in [1.54, 1.807) is 0 Å². The lowest BCUT2D eigenvalue weighted by atomic mass is 9.69. The van der Waals surface area contributed by atoms with Gasteiger partial charge in [-0.2, -0.15) is 0 Å². The van der Waals surface area contributed by atoms with E-state index in [2.05, 4.69) is 240 Å². The minimum Gasteiger partial charge on any atom is -0.313 e. The van der Waals surface area contributed by atoms with E-state index in [0.717, 1.165) is 5.69 Å². The largest absolute Gasteiger partial charge is 0.313 e. The van der Waals surface area contributed by atoms with Crippen molar-refractivity contribution in [1.82, 2.24) is 4.57 Å². The number of hydrogen-bond donors (Lipinski definition) is 0. The molecule has 1 unspecified atom stereocenters. The van der Waals surface area contributed by atoms with Crippen LogP contribution in [-0.2, 0) is 0 Å². The van der Waals surface area contributed by atoms with Gasteiger partial charge in [0.2, 0.25) is 0 Å². The summed E-state index contributed by atoms with van der Waals surface area (Å²) in [6.07, 6.45) is 9.52. The van der Waals surface area contributed by atoms with Gasteiger partial charge in [-0.05, 0) is 86.5 Å². The number of benzene rings is 9. The maximum absolute atomic E-state index is 2.50. The Balaban J connectivity index is 0.919. The number of rotatable bonds is 7. The van der Waals surface area contributed by atoms with Crippen LogP contribution in [0.5, 0.6) is 0 Å². The lowest BCUT2D eigenvalue weighted by Crippen LogP contribution is -2.32. The molecule has 9 aromatic carbocycles. The molecule has 2 aliphatic carbocycles. The average Bonchev–Trinajstić information content (AvgIpc) is 3.64. The van der Waals surface area contributed by atoms with Crippen LogP contribution in [0.15, 0.2) is 236 Å². The van der Waals surface area contributed by atoms with Gasteiger partial charge < -0.3 is 9.47 Å². The van der Waals surface area contributed by atoms with Crippen LogP contribution in [0.25, 0.3) is 76.9 Å². The van der Waals surface area contributed by atoms with Crippen LogP contribution in [0.3, 0.4) is 0 Å². The number of nitrogens with zero attached hydrogens (tertiary/aromatic N) is 2. The van der Waals surface area contributed by atoms with Gasteiger partial charge >= 0.3 is 0 Å². The molecule has 0 bridgehead atoms. The van der Waals surface area contributed by atoms with Crippen molar-refractivity contribution in [2.75, 3.05) is 4.90 Å². The molecule has 10 aromatic rings. The molecule has 0 saturated heterocycles. The summed E-state index contributed by atoms with van der Waals surface area (Å²) in [7, 11) is 0. The molecule has 0 saturated carbocycles. The van der Waals surface area contributed by atoms with Crippen molar-refractivity contribution in [3.05, 3.63) is 242 Å². The number of allylic oxidation sites excluding steroid dienone is 5. The summed E-state index contributed by atoms with van der Waals surface area (Å²) in [5.74, 6) is 0.576. The molecule has 2 aliphatic rings. The van der Waals surface area contributed by atoms with E-state index in [9.17, 15) is 0 Å². The van der Waals surface area contributed by atoms with Gasteiger partial charge in [0.25, 0.3) is 0 Å². The first kappa shape index (κ1) is 34.4. The van der Waals surface area contributed by atoms with Gasteiger partial charge in [-0.1, -0.05) is 188 Å². The maximum atomic E-state index is 2.50. The number of anilines is 2. The van der Waals surface area contributed by atoms with Crippen LogP contribution in [0, 0.1) is 11.8 Å². The van der Waals surface area contributed by atoms with Crippen molar-refractivity contribution in [3.8, 4) is 27.9 Å². The third-order valence-corrected chi connectivity index (χ3v) is 12.8. The fourth-order valence-electron chi connectivity index (χ4n) is 9.85. The number of para-hydroxylation sites is 3. The monoisotopic (exact) mass is 764 g/mol. The minimum atomic E-state index is 0.264. The lowest BCUT2D eigenvalue weighted by molar-refractivity contribution is 0.576. The maximum Gasteiger partial charge on any atom is 0.0541 e. The summed E-state index contributed by atoms with van der Waals surface area (Å²) in [5, 5.41) is 7.61. The highest BCUT2D eigenvalue weighted by Gasteiger charge is 2.37. The van der Waals surface area contributed by atoms with Crippen molar-refractivity contribution in [2.24, 2.45) is 11.8 Å². The van der Waals surface area contributed by atoms with E-state index in [4.69, 9.17) is 0 Å². The van der Waals surface area contributed by atoms with Gasteiger partial charge in [0.1, 0.15) is 0 Å². The van der Waals surface area contributed by atoms with Gasteiger partial charge in [0.15, 0.2) is 0 Å². The fourth-order valence-corrected chi connectivity index (χ4v) is 9.85. The van der Waals surface area contributed by atoms with Crippen LogP contribution in [-0.4, -0.2) is 4.57 Å². The van der Waals surface area contributed by atoms with Crippen LogP contribution in [0.4, 0.5) is 11.4 Å². The number of aromatic nitrogens is 1. The van der Waals surface area contributed by atoms with Crippen LogP contribution >= 0.6 is 0 Å². The third-order valence-electron chi connectivity index (χ3n) is 12.8. The van der Waals surface area contributed by atoms with Crippen molar-refractivity contribution in [1.29, 1.82) is 0 Å². The molecular formula is C58H40N2. The molecule has 0 spiro atoms. The quantitative estimate of drug-likeness (QED) is 0.147. The van der Waals surface area contributed by atoms with Crippen molar-refractivity contribution in [3.63, 3.8) is 0 Å². The summed E-state index contributed by atoms with van der Waals surface area (Å²) in [6.45, 7) is 0. The number of fused-ring (bicyclic) bond motifs is 6. The molecule has 0 fully saturated rings. The molecule has 2 nitrogen and oxygen atoms in total. The Kier molecular flexibility index (Phi) is 8.02. The van der Waals surface area contributed by atoms with Gasteiger partial charge in [0.05, 0.1) is 22.4 Å². The standard InChI is InChI=1S/C58H40N2/c1-3-17-45-41(13-1)15-11-22-48(45)49-37-38-58(53-36-35-50(49)53)59(54-26-12-16-42-14-2-4-18-46(42)54)44-33-31-40(32-34-44)39-27-29-43(30-28-39)47-19-5-8-23-55(47)60-56-24-9-6-20-51(56)52-21-7-10-25-57(52)60/h1-38,50,53H/t50-,53?/m0/s1. The zero-order valence-corrected chi connectivity index (χ0v) is 33.0. The molecule has 0 amide bonds. The second-order valence-electron chi connectivity index (χ2n) is 16.0. The van der Waals surface area contributed by atoms with E-state index in [1.807, 2.05) is 0 Å². The Labute approximate surface area is 349 Å². The Morgan fingerprint density at radius 3 is 1.58 bits per heavy atom. The van der Waals surface area contributed by atoms with Gasteiger partial charge in [0, 0.05) is 44.9 Å². The van der Waals surface area contributed by atoms with E-state index in [1.165, 1.54) is 93.8 Å². The molecule has 0 radical (unpaired) electrons. The first-order valence-electron chi connectivity index (χ1n) is 20.9. The van der Waals surface area contributed by atoms with Crippen molar-refractivity contribution < 1.29 is 0 Å². The van der Waals surface area contributed by atoms with Crippen molar-refractivity contribution >= 4 is 60.3 Å². The predicted molar refractivity (Wildman–Crippen MR) is 254 cm³/mol. The molecule has 282 valence electrons. The fraction of sp³-hybridized carbons (Fsp3) is 0.0345. The molecule has 2 heteroatoms. The van der Waals surface area contributed by atoms with E-state index >= 15 is 0 Å². The topological polar surface area (TPSA) is 8.17 Å². The smallest absolute Gasteiger partial charge is 0.0541 e. The zero-order chi connectivity index (χ0) is 39.6.